The van der Waals surface area contributed by atoms with E-state index in [-0.39, 0.29) is 12.4 Å². The summed E-state index contributed by atoms with van der Waals surface area (Å²) in [5.74, 6) is -0.323. The van der Waals surface area contributed by atoms with E-state index in [9.17, 15) is 9.50 Å². The van der Waals surface area contributed by atoms with Gasteiger partial charge in [0.1, 0.15) is 11.3 Å². The Morgan fingerprint density at radius 3 is 2.30 bits per heavy atom. The Morgan fingerprint density at radius 2 is 1.59 bits per heavy atom. The van der Waals surface area contributed by atoms with Gasteiger partial charge in [-0.2, -0.15) is 0 Å². The van der Waals surface area contributed by atoms with Gasteiger partial charge in [-0.15, -0.1) is 5.10 Å². The number of para-hydroxylation sites is 1. The fraction of sp³-hybridized carbons (Fsp3) is 0.0476. The standard InChI is InChI=1S/C21H15BrFN3O/c22-16-9-5-14(6-10-16)18(13-27)21(15-7-11-17(23)12-8-15)26-20-4-2-1-3-19(20)24-25-26/h1-12,27H,13H2/b21-18-. The number of rotatable bonds is 4. The second-order valence-electron chi connectivity index (χ2n) is 5.99. The van der Waals surface area contributed by atoms with Crippen LogP contribution in [0.4, 0.5) is 4.39 Å². The fourth-order valence-corrected chi connectivity index (χ4v) is 3.28. The van der Waals surface area contributed by atoms with E-state index in [2.05, 4.69) is 26.2 Å². The Labute approximate surface area is 163 Å². The Hall–Kier alpha value is -2.83. The summed E-state index contributed by atoms with van der Waals surface area (Å²) >= 11 is 3.43. The molecule has 0 amide bonds. The molecule has 134 valence electrons. The predicted molar refractivity (Wildman–Crippen MR) is 107 cm³/mol. The van der Waals surface area contributed by atoms with Crippen LogP contribution >= 0.6 is 15.9 Å². The van der Waals surface area contributed by atoms with Crippen molar-refractivity contribution in [2.24, 2.45) is 0 Å². The van der Waals surface area contributed by atoms with Gasteiger partial charge in [0.2, 0.25) is 0 Å². The monoisotopic (exact) mass is 423 g/mol. The molecule has 0 unspecified atom stereocenters. The number of fused-ring (bicyclic) bond motifs is 1. The number of nitrogens with zero attached hydrogens (tertiary/aromatic N) is 3. The summed E-state index contributed by atoms with van der Waals surface area (Å²) in [4.78, 5) is 0. The molecule has 4 aromatic rings. The molecule has 27 heavy (non-hydrogen) atoms. The second-order valence-corrected chi connectivity index (χ2v) is 6.90. The summed E-state index contributed by atoms with van der Waals surface area (Å²) < 4.78 is 16.1. The first-order valence-corrected chi connectivity index (χ1v) is 9.13. The lowest BCUT2D eigenvalue weighted by atomic mass is 9.99. The Morgan fingerprint density at radius 1 is 0.926 bits per heavy atom. The van der Waals surface area contributed by atoms with Crippen molar-refractivity contribution >= 4 is 38.2 Å². The largest absolute Gasteiger partial charge is 0.392 e. The first-order valence-electron chi connectivity index (χ1n) is 8.34. The van der Waals surface area contributed by atoms with Crippen LogP contribution < -0.4 is 0 Å². The van der Waals surface area contributed by atoms with Crippen molar-refractivity contribution in [2.75, 3.05) is 6.61 Å². The predicted octanol–water partition coefficient (Wildman–Crippen LogP) is 4.74. The van der Waals surface area contributed by atoms with E-state index in [0.29, 0.717) is 11.3 Å². The molecular weight excluding hydrogens is 409 g/mol. The van der Waals surface area contributed by atoms with Gasteiger partial charge in [-0.1, -0.05) is 45.4 Å². The van der Waals surface area contributed by atoms with E-state index in [1.54, 1.807) is 16.8 Å². The van der Waals surface area contributed by atoms with Gasteiger partial charge < -0.3 is 5.11 Å². The van der Waals surface area contributed by atoms with Gasteiger partial charge in [0.15, 0.2) is 0 Å². The van der Waals surface area contributed by atoms with Crippen LogP contribution in [0.1, 0.15) is 11.1 Å². The molecule has 0 fully saturated rings. The average molecular weight is 424 g/mol. The topological polar surface area (TPSA) is 50.9 Å². The van der Waals surface area contributed by atoms with Gasteiger partial charge >= 0.3 is 0 Å². The van der Waals surface area contributed by atoms with Crippen LogP contribution in [-0.4, -0.2) is 26.7 Å². The highest BCUT2D eigenvalue weighted by Crippen LogP contribution is 2.30. The van der Waals surface area contributed by atoms with E-state index in [1.165, 1.54) is 12.1 Å². The molecule has 0 saturated heterocycles. The van der Waals surface area contributed by atoms with Gasteiger partial charge in [-0.25, -0.2) is 9.07 Å². The molecule has 3 aromatic carbocycles. The molecule has 1 heterocycles. The van der Waals surface area contributed by atoms with Gasteiger partial charge in [-0.05, 0) is 54.1 Å². The van der Waals surface area contributed by atoms with Crippen molar-refractivity contribution in [1.82, 2.24) is 15.0 Å². The summed E-state index contributed by atoms with van der Waals surface area (Å²) in [5, 5.41) is 18.7. The maximum absolute atomic E-state index is 13.5. The average Bonchev–Trinajstić information content (AvgIpc) is 3.12. The second kappa shape index (κ2) is 7.42. The molecule has 1 aromatic heterocycles. The first-order chi connectivity index (χ1) is 13.2. The number of aromatic nitrogens is 3. The smallest absolute Gasteiger partial charge is 0.123 e. The van der Waals surface area contributed by atoms with Crippen LogP contribution in [0.5, 0.6) is 0 Å². The molecule has 6 heteroatoms. The Balaban J connectivity index is 2.03. The molecule has 0 radical (unpaired) electrons. The molecule has 4 nitrogen and oxygen atoms in total. The van der Waals surface area contributed by atoms with Crippen molar-refractivity contribution in [1.29, 1.82) is 0 Å². The minimum atomic E-state index is -0.323. The van der Waals surface area contributed by atoms with Crippen LogP contribution in [0, 0.1) is 5.82 Å². The molecule has 1 N–H and O–H groups in total. The van der Waals surface area contributed by atoms with Crippen LogP contribution in [0.3, 0.4) is 0 Å². The highest BCUT2D eigenvalue weighted by molar-refractivity contribution is 9.10. The van der Waals surface area contributed by atoms with Crippen LogP contribution in [0.15, 0.2) is 77.3 Å². The molecule has 0 bridgehead atoms. The zero-order chi connectivity index (χ0) is 18.8. The van der Waals surface area contributed by atoms with E-state index in [1.807, 2.05) is 48.5 Å². The van der Waals surface area contributed by atoms with Crippen molar-refractivity contribution in [3.05, 3.63) is 94.2 Å². The zero-order valence-corrected chi connectivity index (χ0v) is 15.8. The van der Waals surface area contributed by atoms with E-state index >= 15 is 0 Å². The minimum absolute atomic E-state index is 0.206. The van der Waals surface area contributed by atoms with Crippen LogP contribution in [0.2, 0.25) is 0 Å². The van der Waals surface area contributed by atoms with Crippen molar-refractivity contribution < 1.29 is 9.50 Å². The molecule has 0 atom stereocenters. The summed E-state index contributed by atoms with van der Waals surface area (Å²) in [6.07, 6.45) is 0. The third kappa shape index (κ3) is 3.41. The maximum atomic E-state index is 13.5. The quantitative estimate of drug-likeness (QED) is 0.482. The van der Waals surface area contributed by atoms with Gasteiger partial charge in [0, 0.05) is 15.6 Å². The van der Waals surface area contributed by atoms with Crippen LogP contribution in [-0.2, 0) is 0 Å². The third-order valence-corrected chi connectivity index (χ3v) is 4.85. The van der Waals surface area contributed by atoms with Gasteiger partial charge in [-0.3, -0.25) is 0 Å². The number of aliphatic hydroxyl groups is 1. The molecule has 0 saturated carbocycles. The maximum Gasteiger partial charge on any atom is 0.123 e. The zero-order valence-electron chi connectivity index (χ0n) is 14.2. The number of benzene rings is 3. The highest BCUT2D eigenvalue weighted by atomic mass is 79.9. The fourth-order valence-electron chi connectivity index (χ4n) is 3.02. The normalized spacial score (nSPS) is 12.3. The lowest BCUT2D eigenvalue weighted by Crippen LogP contribution is -2.07. The van der Waals surface area contributed by atoms with Gasteiger partial charge in [0.25, 0.3) is 0 Å². The summed E-state index contributed by atoms with van der Waals surface area (Å²) in [7, 11) is 0. The Bertz CT molecular complexity index is 1120. The molecule has 0 spiro atoms. The minimum Gasteiger partial charge on any atom is -0.392 e. The van der Waals surface area contributed by atoms with Crippen molar-refractivity contribution in [3.63, 3.8) is 0 Å². The summed E-state index contributed by atoms with van der Waals surface area (Å²) in [6, 6.07) is 21.4. The molecule has 0 aliphatic carbocycles. The molecular formula is C21H15BrFN3O. The first kappa shape index (κ1) is 17.6. The SMILES string of the molecule is OC/C(=C(\c1ccc(F)cc1)n1nnc2ccccc21)c1ccc(Br)cc1. The van der Waals surface area contributed by atoms with Crippen molar-refractivity contribution in [2.45, 2.75) is 0 Å². The van der Waals surface area contributed by atoms with E-state index < -0.39 is 0 Å². The number of hydrogen-bond donors (Lipinski definition) is 1. The summed E-state index contributed by atoms with van der Waals surface area (Å²) in [5.41, 5.74) is 4.46. The highest BCUT2D eigenvalue weighted by Gasteiger charge is 2.17. The molecule has 4 rings (SSSR count). The molecule has 0 aliphatic heterocycles. The van der Waals surface area contributed by atoms with Gasteiger partial charge in [0.05, 0.1) is 17.8 Å². The molecule has 0 aliphatic rings. The van der Waals surface area contributed by atoms with E-state index in [0.717, 1.165) is 26.6 Å². The summed E-state index contributed by atoms with van der Waals surface area (Å²) in [6.45, 7) is -0.206. The van der Waals surface area contributed by atoms with Crippen molar-refractivity contribution in [3.8, 4) is 0 Å². The van der Waals surface area contributed by atoms with Crippen LogP contribution in [0.25, 0.3) is 22.3 Å². The number of aliphatic hydroxyl groups excluding tert-OH is 1. The third-order valence-electron chi connectivity index (χ3n) is 4.32. The lowest BCUT2D eigenvalue weighted by molar-refractivity contribution is 0.350. The number of halogens is 2. The lowest BCUT2D eigenvalue weighted by Gasteiger charge is -2.15. The van der Waals surface area contributed by atoms with E-state index in [4.69, 9.17) is 0 Å². The Kier molecular flexibility index (Phi) is 4.83. The number of hydrogen-bond acceptors (Lipinski definition) is 3.